The lowest BCUT2D eigenvalue weighted by Crippen LogP contribution is -2.02. The number of benzene rings is 1. The van der Waals surface area contributed by atoms with Crippen LogP contribution >= 0.6 is 23.2 Å². The van der Waals surface area contributed by atoms with Crippen LogP contribution in [0.2, 0.25) is 0 Å². The summed E-state index contributed by atoms with van der Waals surface area (Å²) in [4.78, 5) is 11.0. The third-order valence-corrected chi connectivity index (χ3v) is 2.70. The highest BCUT2D eigenvalue weighted by atomic mass is 35.5. The van der Waals surface area contributed by atoms with Crippen molar-refractivity contribution in [3.63, 3.8) is 0 Å². The molecular weight excluding hydrogens is 247 g/mol. The van der Waals surface area contributed by atoms with E-state index in [0.717, 1.165) is 23.3 Å². The summed E-state index contributed by atoms with van der Waals surface area (Å²) < 4.78 is 5.60. The van der Waals surface area contributed by atoms with Crippen molar-refractivity contribution in [3.8, 4) is 5.75 Å². The van der Waals surface area contributed by atoms with Crippen molar-refractivity contribution in [2.24, 2.45) is 0 Å². The zero-order valence-electron chi connectivity index (χ0n) is 9.35. The molecule has 1 aromatic carbocycles. The molecule has 0 aliphatic rings. The highest BCUT2D eigenvalue weighted by molar-refractivity contribution is 6.67. The number of hydrogen-bond acceptors (Lipinski definition) is 2. The second kappa shape index (κ2) is 6.12. The van der Waals surface area contributed by atoms with E-state index in [1.54, 1.807) is 12.1 Å². The molecule has 0 saturated heterocycles. The number of ether oxygens (including phenoxy) is 1. The maximum absolute atomic E-state index is 11.0. The number of carbonyl (C=O) groups is 1. The zero-order chi connectivity index (χ0) is 12.1. The maximum atomic E-state index is 11.0. The van der Waals surface area contributed by atoms with Crippen LogP contribution < -0.4 is 4.74 Å². The minimum absolute atomic E-state index is 0.446. The molecular formula is C12H14Cl2O2. The van der Waals surface area contributed by atoms with Gasteiger partial charge in [-0.05, 0) is 55.1 Å². The SMILES string of the molecule is Cc1cc(C(=O)Cl)cc(C)c1OCCCCl. The molecule has 0 N–H and O–H groups in total. The highest BCUT2D eigenvalue weighted by Gasteiger charge is 2.09. The number of carbonyl (C=O) groups excluding carboxylic acids is 1. The number of halogens is 2. The smallest absolute Gasteiger partial charge is 0.252 e. The van der Waals surface area contributed by atoms with E-state index in [2.05, 4.69) is 0 Å². The van der Waals surface area contributed by atoms with Crippen LogP contribution in [0.25, 0.3) is 0 Å². The minimum Gasteiger partial charge on any atom is -0.493 e. The fourth-order valence-electron chi connectivity index (χ4n) is 1.52. The van der Waals surface area contributed by atoms with Gasteiger partial charge in [0.2, 0.25) is 0 Å². The molecule has 0 amide bonds. The van der Waals surface area contributed by atoms with Crippen molar-refractivity contribution in [2.45, 2.75) is 20.3 Å². The molecule has 1 aromatic rings. The summed E-state index contributed by atoms with van der Waals surface area (Å²) in [6.07, 6.45) is 0.802. The first-order valence-electron chi connectivity index (χ1n) is 5.06. The Hall–Kier alpha value is -0.730. The van der Waals surface area contributed by atoms with Crippen molar-refractivity contribution in [1.29, 1.82) is 0 Å². The Morgan fingerprint density at radius 1 is 1.31 bits per heavy atom. The van der Waals surface area contributed by atoms with Gasteiger partial charge >= 0.3 is 0 Å². The van der Waals surface area contributed by atoms with Gasteiger partial charge in [0.05, 0.1) is 6.61 Å². The Kier molecular flexibility index (Phi) is 5.10. The summed E-state index contributed by atoms with van der Waals surface area (Å²) >= 11 is 11.0. The van der Waals surface area contributed by atoms with Gasteiger partial charge in [0.25, 0.3) is 5.24 Å². The van der Waals surface area contributed by atoms with Gasteiger partial charge in [0, 0.05) is 11.4 Å². The average Bonchev–Trinajstić information content (AvgIpc) is 2.21. The molecule has 0 aromatic heterocycles. The third kappa shape index (κ3) is 3.39. The topological polar surface area (TPSA) is 26.3 Å². The molecule has 0 unspecified atom stereocenters. The number of alkyl halides is 1. The molecule has 0 fully saturated rings. The molecule has 0 atom stereocenters. The molecule has 1 rings (SSSR count). The molecule has 16 heavy (non-hydrogen) atoms. The van der Waals surface area contributed by atoms with E-state index in [1.165, 1.54) is 0 Å². The Bertz CT molecular complexity index is 366. The van der Waals surface area contributed by atoms with Crippen molar-refractivity contribution in [2.75, 3.05) is 12.5 Å². The first kappa shape index (κ1) is 13.3. The van der Waals surface area contributed by atoms with Crippen LogP contribution in [0.3, 0.4) is 0 Å². The summed E-state index contributed by atoms with van der Waals surface area (Å²) in [5.74, 6) is 1.39. The number of aryl methyl sites for hydroxylation is 2. The van der Waals surface area contributed by atoms with E-state index in [0.29, 0.717) is 18.1 Å². The molecule has 0 spiro atoms. The van der Waals surface area contributed by atoms with Crippen LogP contribution in [-0.4, -0.2) is 17.7 Å². The van der Waals surface area contributed by atoms with Gasteiger partial charge in [-0.25, -0.2) is 0 Å². The molecule has 0 saturated carbocycles. The maximum Gasteiger partial charge on any atom is 0.252 e. The van der Waals surface area contributed by atoms with E-state index < -0.39 is 5.24 Å². The van der Waals surface area contributed by atoms with Gasteiger partial charge in [-0.2, -0.15) is 0 Å². The average molecular weight is 261 g/mol. The molecule has 0 aliphatic heterocycles. The van der Waals surface area contributed by atoms with E-state index in [4.69, 9.17) is 27.9 Å². The molecule has 0 radical (unpaired) electrons. The molecule has 0 aliphatic carbocycles. The van der Waals surface area contributed by atoms with Crippen LogP contribution in [0.4, 0.5) is 0 Å². The third-order valence-electron chi connectivity index (χ3n) is 2.21. The molecule has 0 heterocycles. The lowest BCUT2D eigenvalue weighted by atomic mass is 10.1. The highest BCUT2D eigenvalue weighted by Crippen LogP contribution is 2.25. The Morgan fingerprint density at radius 3 is 2.31 bits per heavy atom. The van der Waals surface area contributed by atoms with Crippen molar-refractivity contribution >= 4 is 28.4 Å². The van der Waals surface area contributed by atoms with E-state index >= 15 is 0 Å². The minimum atomic E-state index is -0.446. The quantitative estimate of drug-likeness (QED) is 0.459. The van der Waals surface area contributed by atoms with Crippen LogP contribution in [-0.2, 0) is 0 Å². The normalized spacial score (nSPS) is 10.2. The lowest BCUT2D eigenvalue weighted by molar-refractivity contribution is 0.108. The van der Waals surface area contributed by atoms with Crippen molar-refractivity contribution < 1.29 is 9.53 Å². The first-order chi connectivity index (χ1) is 7.56. The fourth-order valence-corrected chi connectivity index (χ4v) is 1.74. The van der Waals surface area contributed by atoms with Crippen LogP contribution in [0, 0.1) is 13.8 Å². The Labute approximate surface area is 106 Å². The summed E-state index contributed by atoms with van der Waals surface area (Å²) in [6.45, 7) is 4.37. The second-order valence-electron chi connectivity index (χ2n) is 3.60. The second-order valence-corrected chi connectivity index (χ2v) is 4.33. The molecule has 2 nitrogen and oxygen atoms in total. The van der Waals surface area contributed by atoms with Crippen LogP contribution in [0.5, 0.6) is 5.75 Å². The number of rotatable bonds is 5. The van der Waals surface area contributed by atoms with Gasteiger partial charge in [-0.1, -0.05) is 0 Å². The Balaban J connectivity index is 2.89. The predicted molar refractivity (Wildman–Crippen MR) is 66.9 cm³/mol. The van der Waals surface area contributed by atoms with Crippen LogP contribution in [0.1, 0.15) is 27.9 Å². The van der Waals surface area contributed by atoms with Crippen LogP contribution in [0.15, 0.2) is 12.1 Å². The predicted octanol–water partition coefficient (Wildman–Crippen LogP) is 3.69. The summed E-state index contributed by atoms with van der Waals surface area (Å²) in [5, 5.41) is -0.446. The fraction of sp³-hybridized carbons (Fsp3) is 0.417. The first-order valence-corrected chi connectivity index (χ1v) is 5.97. The van der Waals surface area contributed by atoms with Gasteiger partial charge < -0.3 is 4.74 Å². The lowest BCUT2D eigenvalue weighted by Gasteiger charge is -2.12. The molecule has 0 bridgehead atoms. The van der Waals surface area contributed by atoms with Crippen molar-refractivity contribution in [1.82, 2.24) is 0 Å². The number of hydrogen-bond donors (Lipinski definition) is 0. The monoisotopic (exact) mass is 260 g/mol. The van der Waals surface area contributed by atoms with E-state index in [-0.39, 0.29) is 0 Å². The Morgan fingerprint density at radius 2 is 1.88 bits per heavy atom. The largest absolute Gasteiger partial charge is 0.493 e. The summed E-state index contributed by atoms with van der Waals surface area (Å²) in [6, 6.07) is 3.47. The van der Waals surface area contributed by atoms with Gasteiger partial charge in [-0.15, -0.1) is 11.6 Å². The summed E-state index contributed by atoms with van der Waals surface area (Å²) in [5.41, 5.74) is 2.33. The van der Waals surface area contributed by atoms with Gasteiger partial charge in [0.15, 0.2) is 0 Å². The molecule has 4 heteroatoms. The standard InChI is InChI=1S/C12H14Cl2O2/c1-8-6-10(12(14)15)7-9(2)11(8)16-5-3-4-13/h6-7H,3-5H2,1-2H3. The van der Waals surface area contributed by atoms with Gasteiger partial charge in [-0.3, -0.25) is 4.79 Å². The van der Waals surface area contributed by atoms with Crippen molar-refractivity contribution in [3.05, 3.63) is 28.8 Å². The molecule has 88 valence electrons. The van der Waals surface area contributed by atoms with Gasteiger partial charge in [0.1, 0.15) is 5.75 Å². The van der Waals surface area contributed by atoms with E-state index in [1.807, 2.05) is 13.8 Å². The zero-order valence-corrected chi connectivity index (χ0v) is 10.9. The summed E-state index contributed by atoms with van der Waals surface area (Å²) in [7, 11) is 0. The van der Waals surface area contributed by atoms with E-state index in [9.17, 15) is 4.79 Å².